The minimum atomic E-state index is -1.15. The smallest absolute Gasteiger partial charge is 0.159 e. The first-order valence-corrected chi connectivity index (χ1v) is 29.3. The molecule has 6 aromatic heterocycles. The van der Waals surface area contributed by atoms with Gasteiger partial charge < -0.3 is 24.7 Å². The van der Waals surface area contributed by atoms with Crippen molar-refractivity contribution in [1.82, 2.24) is 38.7 Å². The second-order valence-electron chi connectivity index (χ2n) is 17.4. The standard InChI is InChI=1S/2C22H24Cl2FN5OSi/c1-32(2,3)11-10-31-14-29-8-6-20(28-29)30-9-5-16-19(30)4-7-26-22(16)27-21-17(23)12-15(25)13-18(21)24;1-32(2,3)11-10-31-14-30-20(5-8-27-30)29-9-6-16-19(29)4-7-26-22(16)28-21-17(23)12-15(25)13-18(21)24/h4-9,12-13H,10-11,14H2,1-3H3,(H,26,27);4-9,12-13H,10-11,14H2,1-3H3,(H,26,28). The third kappa shape index (κ3) is 11.7. The first-order chi connectivity index (χ1) is 30.4. The molecule has 8 aromatic rings. The fraction of sp³-hybridized carbons (Fsp3) is 0.273. The number of aromatic nitrogens is 8. The normalized spacial score (nSPS) is 11.9. The Labute approximate surface area is 392 Å². The summed E-state index contributed by atoms with van der Waals surface area (Å²) in [4.78, 5) is 8.84. The topological polar surface area (TPSA) is 114 Å². The predicted molar refractivity (Wildman–Crippen MR) is 261 cm³/mol. The number of halogens is 6. The number of nitrogens with one attached hydrogen (secondary N) is 2. The Balaban J connectivity index is 0.000000191. The second-order valence-corrected chi connectivity index (χ2v) is 30.3. The number of hydrogen-bond donors (Lipinski definition) is 2. The quantitative estimate of drug-likeness (QED) is 0.0727. The van der Waals surface area contributed by atoms with E-state index in [0.717, 1.165) is 58.7 Å². The van der Waals surface area contributed by atoms with Gasteiger partial charge in [0.1, 0.15) is 42.5 Å². The van der Waals surface area contributed by atoms with Crippen LogP contribution in [0.1, 0.15) is 0 Å². The molecule has 64 heavy (non-hydrogen) atoms. The highest BCUT2D eigenvalue weighted by Crippen LogP contribution is 2.37. The van der Waals surface area contributed by atoms with Crippen LogP contribution in [0, 0.1) is 11.6 Å². The summed E-state index contributed by atoms with van der Waals surface area (Å²) in [6.07, 6.45) is 10.9. The summed E-state index contributed by atoms with van der Waals surface area (Å²) < 4.78 is 46.3. The molecule has 0 spiro atoms. The molecule has 2 aromatic carbocycles. The van der Waals surface area contributed by atoms with Gasteiger partial charge in [0.05, 0.1) is 48.7 Å². The van der Waals surface area contributed by atoms with Gasteiger partial charge in [-0.25, -0.2) is 28.1 Å². The summed E-state index contributed by atoms with van der Waals surface area (Å²) >= 11 is 24.7. The van der Waals surface area contributed by atoms with E-state index >= 15 is 0 Å². The van der Waals surface area contributed by atoms with Crippen LogP contribution in [0.25, 0.3) is 33.4 Å². The Morgan fingerprint density at radius 3 is 1.59 bits per heavy atom. The minimum Gasteiger partial charge on any atom is -0.360 e. The van der Waals surface area contributed by atoms with E-state index in [1.807, 2.05) is 68.8 Å². The van der Waals surface area contributed by atoms with Crippen molar-refractivity contribution in [3.05, 3.63) is 130 Å². The van der Waals surface area contributed by atoms with Crippen LogP contribution in [0.5, 0.6) is 0 Å². The van der Waals surface area contributed by atoms with Gasteiger partial charge in [-0.15, -0.1) is 0 Å². The van der Waals surface area contributed by atoms with Crippen LogP contribution < -0.4 is 10.6 Å². The maximum atomic E-state index is 13.5. The molecule has 0 aliphatic carbocycles. The van der Waals surface area contributed by atoms with Crippen LogP contribution in [0.3, 0.4) is 0 Å². The largest absolute Gasteiger partial charge is 0.360 e. The van der Waals surface area contributed by atoms with E-state index in [-0.39, 0.29) is 20.1 Å². The van der Waals surface area contributed by atoms with E-state index < -0.39 is 27.8 Å². The van der Waals surface area contributed by atoms with E-state index in [9.17, 15) is 8.78 Å². The number of fused-ring (bicyclic) bond motifs is 2. The summed E-state index contributed by atoms with van der Waals surface area (Å²) in [5, 5.41) is 17.8. The minimum absolute atomic E-state index is 0.182. The highest BCUT2D eigenvalue weighted by molar-refractivity contribution is 6.76. The SMILES string of the molecule is C[Si](C)(C)CCOCn1ccc(-n2ccc3c(Nc4c(Cl)cc(F)cc4Cl)nccc32)n1.C[Si](C)(C)CCOCn1nccc1-n1ccc2c(Nc3c(Cl)cc(F)cc3Cl)nccc21. The van der Waals surface area contributed by atoms with Crippen LogP contribution in [-0.4, -0.2) is 68.0 Å². The summed E-state index contributed by atoms with van der Waals surface area (Å²) in [6, 6.07) is 18.6. The molecule has 0 saturated carbocycles. The van der Waals surface area contributed by atoms with Crippen LogP contribution in [0.4, 0.5) is 31.8 Å². The molecule has 8 rings (SSSR count). The zero-order valence-corrected chi connectivity index (χ0v) is 41.2. The van der Waals surface area contributed by atoms with Gasteiger partial charge in [0.2, 0.25) is 0 Å². The average molecular weight is 985 g/mol. The van der Waals surface area contributed by atoms with Crippen molar-refractivity contribution in [3.63, 3.8) is 0 Å². The van der Waals surface area contributed by atoms with E-state index in [0.29, 0.717) is 36.5 Å². The molecule has 0 fully saturated rings. The Morgan fingerprint density at radius 2 is 1.08 bits per heavy atom. The number of anilines is 4. The highest BCUT2D eigenvalue weighted by atomic mass is 35.5. The van der Waals surface area contributed by atoms with E-state index in [2.05, 4.69) is 70.1 Å². The zero-order chi connectivity index (χ0) is 45.8. The molecule has 2 N–H and O–H groups in total. The Hall–Kier alpha value is -4.79. The predicted octanol–water partition coefficient (Wildman–Crippen LogP) is 13.4. The van der Waals surface area contributed by atoms with Gasteiger partial charge in [0.25, 0.3) is 0 Å². The molecule has 0 saturated heterocycles. The molecule has 0 amide bonds. The van der Waals surface area contributed by atoms with Crippen LogP contribution in [-0.2, 0) is 22.9 Å². The van der Waals surface area contributed by atoms with Gasteiger partial charge in [0.15, 0.2) is 5.82 Å². The lowest BCUT2D eigenvalue weighted by molar-refractivity contribution is 0.0784. The molecule has 0 aliphatic heterocycles. The van der Waals surface area contributed by atoms with Crippen molar-refractivity contribution in [1.29, 1.82) is 0 Å². The van der Waals surface area contributed by atoms with E-state index in [4.69, 9.17) is 55.9 Å². The lowest BCUT2D eigenvalue weighted by Crippen LogP contribution is -2.22. The molecule has 0 unspecified atom stereocenters. The lowest BCUT2D eigenvalue weighted by Gasteiger charge is -2.16. The molecule has 0 aliphatic rings. The maximum absolute atomic E-state index is 13.5. The van der Waals surface area contributed by atoms with Crippen molar-refractivity contribution in [2.45, 2.75) is 64.8 Å². The molecule has 0 atom stereocenters. The summed E-state index contributed by atoms with van der Waals surface area (Å²) in [5.74, 6) is 1.78. The highest BCUT2D eigenvalue weighted by Gasteiger charge is 2.18. The molecule has 0 radical (unpaired) electrons. The van der Waals surface area contributed by atoms with Gasteiger partial charge in [-0.05, 0) is 60.6 Å². The molecule has 0 bridgehead atoms. The van der Waals surface area contributed by atoms with E-state index in [1.165, 1.54) is 24.3 Å². The molecule has 336 valence electrons. The number of hydrogen-bond acceptors (Lipinski definition) is 8. The summed E-state index contributed by atoms with van der Waals surface area (Å²) in [7, 11) is -2.26. The van der Waals surface area contributed by atoms with Gasteiger partial charge in [-0.3, -0.25) is 4.57 Å². The van der Waals surface area contributed by atoms with Crippen molar-refractivity contribution in [3.8, 4) is 11.6 Å². The molecule has 6 heterocycles. The first kappa shape index (κ1) is 47.2. The average Bonchev–Trinajstić information content (AvgIpc) is 4.04. The first-order valence-electron chi connectivity index (χ1n) is 20.4. The number of rotatable bonds is 16. The third-order valence-corrected chi connectivity index (χ3v) is 14.6. The monoisotopic (exact) mass is 982 g/mol. The number of pyridine rings is 2. The van der Waals surface area contributed by atoms with Gasteiger partial charge in [0, 0.05) is 83.3 Å². The van der Waals surface area contributed by atoms with Crippen molar-refractivity contribution in [2.24, 2.45) is 0 Å². The summed E-state index contributed by atoms with van der Waals surface area (Å²) in [6.45, 7) is 16.2. The lowest BCUT2D eigenvalue weighted by atomic mass is 10.2. The van der Waals surface area contributed by atoms with Crippen LogP contribution in [0.2, 0.25) is 71.5 Å². The number of benzene rings is 2. The van der Waals surface area contributed by atoms with Crippen molar-refractivity contribution >= 4 is 107 Å². The van der Waals surface area contributed by atoms with Crippen molar-refractivity contribution < 1.29 is 18.3 Å². The molecule has 12 nitrogen and oxygen atoms in total. The van der Waals surface area contributed by atoms with Crippen LogP contribution >= 0.6 is 46.4 Å². The summed E-state index contributed by atoms with van der Waals surface area (Å²) in [5.41, 5.74) is 2.63. The second kappa shape index (κ2) is 20.2. The van der Waals surface area contributed by atoms with Gasteiger partial charge in [-0.1, -0.05) is 85.7 Å². The Kier molecular flexibility index (Phi) is 14.9. The molecular weight excluding hydrogens is 937 g/mol. The van der Waals surface area contributed by atoms with Gasteiger partial charge in [-0.2, -0.15) is 10.2 Å². The van der Waals surface area contributed by atoms with E-state index in [1.54, 1.807) is 23.3 Å². The Bertz CT molecular complexity index is 2840. The maximum Gasteiger partial charge on any atom is 0.159 e. The zero-order valence-electron chi connectivity index (χ0n) is 36.1. The Morgan fingerprint density at radius 1 is 0.594 bits per heavy atom. The van der Waals surface area contributed by atoms with Crippen LogP contribution in [0.15, 0.2) is 97.8 Å². The third-order valence-electron chi connectivity index (χ3n) is 9.98. The fourth-order valence-corrected chi connectivity index (χ4v) is 9.16. The van der Waals surface area contributed by atoms with Gasteiger partial charge >= 0.3 is 0 Å². The molecular formula is C44H48Cl4F2N10O2Si2. The molecule has 20 heteroatoms. The fourth-order valence-electron chi connectivity index (χ4n) is 6.54. The number of ether oxygens (including phenoxy) is 2. The van der Waals surface area contributed by atoms with Crippen molar-refractivity contribution in [2.75, 3.05) is 23.8 Å². The number of nitrogens with zero attached hydrogens (tertiary/aromatic N) is 8.